The number of alkyl halides is 1. The molecule has 0 amide bonds. The van der Waals surface area contributed by atoms with E-state index in [2.05, 4.69) is 65.9 Å². The van der Waals surface area contributed by atoms with Crippen LogP contribution in [0.1, 0.15) is 30.9 Å². The molecule has 106 valence electrons. The van der Waals surface area contributed by atoms with Crippen LogP contribution in [0.4, 0.5) is 0 Å². The first-order valence-electron chi connectivity index (χ1n) is 7.23. The molecule has 0 saturated carbocycles. The number of aryl methyl sites for hydroxylation is 2. The first-order chi connectivity index (χ1) is 9.81. The Morgan fingerprint density at radius 3 is 2.05 bits per heavy atom. The number of halogens is 1. The fourth-order valence-corrected chi connectivity index (χ4v) is 2.61. The van der Waals surface area contributed by atoms with E-state index in [0.717, 1.165) is 30.8 Å². The molecule has 0 spiro atoms. The molecule has 0 aliphatic rings. The van der Waals surface area contributed by atoms with E-state index in [1.54, 1.807) is 0 Å². The molecule has 0 saturated heterocycles. The fourth-order valence-electron chi connectivity index (χ4n) is 2.22. The Morgan fingerprint density at radius 2 is 1.50 bits per heavy atom. The second kappa shape index (κ2) is 8.30. The lowest BCUT2D eigenvalue weighted by Gasteiger charge is -2.09. The first-order valence-corrected chi connectivity index (χ1v) is 8.76. The lowest BCUT2D eigenvalue weighted by atomic mass is 10.1. The van der Waals surface area contributed by atoms with Crippen molar-refractivity contribution in [2.75, 3.05) is 4.43 Å². The molecule has 2 aromatic rings. The van der Waals surface area contributed by atoms with Gasteiger partial charge in [0.05, 0.1) is 0 Å². The van der Waals surface area contributed by atoms with E-state index in [1.165, 1.54) is 22.0 Å². The minimum Gasteiger partial charge on any atom is -0.457 e. The van der Waals surface area contributed by atoms with Crippen molar-refractivity contribution in [1.29, 1.82) is 0 Å². The van der Waals surface area contributed by atoms with Crippen LogP contribution in [0, 0.1) is 0 Å². The third kappa shape index (κ3) is 4.82. The van der Waals surface area contributed by atoms with Crippen LogP contribution in [0.25, 0.3) is 0 Å². The second-order valence-electron chi connectivity index (χ2n) is 4.94. The molecule has 0 radical (unpaired) electrons. The van der Waals surface area contributed by atoms with Crippen LogP contribution in [0.2, 0.25) is 0 Å². The Bertz CT molecular complexity index is 536. The standard InChI is InChI=1S/C18H21IO/c1-2-6-15-7-3-10-17(13-15)20-18-11-4-8-16(14-18)9-5-12-19/h3-4,7-8,10-11,13-14H,2,5-6,9,12H2,1H3. The van der Waals surface area contributed by atoms with Crippen molar-refractivity contribution in [2.24, 2.45) is 0 Å². The van der Waals surface area contributed by atoms with Gasteiger partial charge in [0.15, 0.2) is 0 Å². The number of hydrogen-bond acceptors (Lipinski definition) is 1. The van der Waals surface area contributed by atoms with Gasteiger partial charge >= 0.3 is 0 Å². The average Bonchev–Trinajstić information content (AvgIpc) is 2.46. The van der Waals surface area contributed by atoms with Crippen LogP contribution in [-0.4, -0.2) is 4.43 Å². The van der Waals surface area contributed by atoms with Gasteiger partial charge in [0.1, 0.15) is 11.5 Å². The number of hydrogen-bond donors (Lipinski definition) is 0. The van der Waals surface area contributed by atoms with Gasteiger partial charge in [-0.25, -0.2) is 0 Å². The molecule has 2 rings (SSSR count). The molecule has 0 heterocycles. The highest BCUT2D eigenvalue weighted by atomic mass is 127. The van der Waals surface area contributed by atoms with Crippen molar-refractivity contribution < 1.29 is 4.74 Å². The van der Waals surface area contributed by atoms with Crippen LogP contribution in [0.15, 0.2) is 48.5 Å². The van der Waals surface area contributed by atoms with Gasteiger partial charge in [-0.2, -0.15) is 0 Å². The van der Waals surface area contributed by atoms with E-state index in [9.17, 15) is 0 Å². The molecule has 0 aliphatic carbocycles. The summed E-state index contributed by atoms with van der Waals surface area (Å²) in [5.74, 6) is 1.87. The Morgan fingerprint density at radius 1 is 0.900 bits per heavy atom. The summed E-state index contributed by atoms with van der Waals surface area (Å²) in [6.45, 7) is 2.20. The molecule has 1 nitrogen and oxygen atoms in total. The maximum atomic E-state index is 5.98. The SMILES string of the molecule is CCCc1cccc(Oc2cccc(CCCI)c2)c1. The second-order valence-corrected chi connectivity index (χ2v) is 6.02. The highest BCUT2D eigenvalue weighted by Crippen LogP contribution is 2.24. The maximum absolute atomic E-state index is 5.98. The Kier molecular flexibility index (Phi) is 6.37. The van der Waals surface area contributed by atoms with Crippen LogP contribution in [-0.2, 0) is 12.8 Å². The summed E-state index contributed by atoms with van der Waals surface area (Å²) in [4.78, 5) is 0. The van der Waals surface area contributed by atoms with Crippen LogP contribution >= 0.6 is 22.6 Å². The van der Waals surface area contributed by atoms with Crippen molar-refractivity contribution in [3.05, 3.63) is 59.7 Å². The molecule has 0 unspecified atom stereocenters. The molecular formula is C18H21IO. The summed E-state index contributed by atoms with van der Waals surface area (Å²) < 4.78 is 7.18. The molecule has 0 N–H and O–H groups in total. The third-order valence-corrected chi connectivity index (χ3v) is 3.93. The summed E-state index contributed by atoms with van der Waals surface area (Å²) in [6, 6.07) is 16.8. The topological polar surface area (TPSA) is 9.23 Å². The molecule has 0 aromatic heterocycles. The highest BCUT2D eigenvalue weighted by molar-refractivity contribution is 14.1. The third-order valence-electron chi connectivity index (χ3n) is 3.17. The maximum Gasteiger partial charge on any atom is 0.127 e. The van der Waals surface area contributed by atoms with Crippen LogP contribution < -0.4 is 4.74 Å². The highest BCUT2D eigenvalue weighted by Gasteiger charge is 2.01. The fraction of sp³-hybridized carbons (Fsp3) is 0.333. The Hall–Kier alpha value is -1.03. The summed E-state index contributed by atoms with van der Waals surface area (Å²) in [6.07, 6.45) is 4.61. The summed E-state index contributed by atoms with van der Waals surface area (Å²) >= 11 is 2.42. The predicted molar refractivity (Wildman–Crippen MR) is 94.2 cm³/mol. The minimum absolute atomic E-state index is 0.932. The molecule has 2 heteroatoms. The minimum atomic E-state index is 0.932. The van der Waals surface area contributed by atoms with Gasteiger partial charge in [0.25, 0.3) is 0 Å². The lowest BCUT2D eigenvalue weighted by molar-refractivity contribution is 0.481. The van der Waals surface area contributed by atoms with Crippen LogP contribution in [0.5, 0.6) is 11.5 Å². The zero-order valence-electron chi connectivity index (χ0n) is 11.9. The molecule has 2 aromatic carbocycles. The van der Waals surface area contributed by atoms with Gasteiger partial charge in [-0.3, -0.25) is 0 Å². The molecule has 20 heavy (non-hydrogen) atoms. The number of rotatable bonds is 7. The molecular weight excluding hydrogens is 359 g/mol. The number of ether oxygens (including phenoxy) is 1. The smallest absolute Gasteiger partial charge is 0.127 e. The largest absolute Gasteiger partial charge is 0.457 e. The van der Waals surface area contributed by atoms with Gasteiger partial charge in [0.2, 0.25) is 0 Å². The summed E-state index contributed by atoms with van der Waals surface area (Å²) in [5, 5.41) is 0. The Labute approximate surface area is 135 Å². The van der Waals surface area contributed by atoms with E-state index in [-0.39, 0.29) is 0 Å². The van der Waals surface area contributed by atoms with Gasteiger partial charge in [-0.15, -0.1) is 0 Å². The van der Waals surface area contributed by atoms with Crippen molar-refractivity contribution in [3.8, 4) is 11.5 Å². The van der Waals surface area contributed by atoms with Gasteiger partial charge in [-0.05, 0) is 59.1 Å². The van der Waals surface area contributed by atoms with Crippen molar-refractivity contribution in [2.45, 2.75) is 32.6 Å². The van der Waals surface area contributed by atoms with E-state index in [0.29, 0.717) is 0 Å². The predicted octanol–water partition coefficient (Wildman–Crippen LogP) is 5.80. The normalized spacial score (nSPS) is 10.5. The lowest BCUT2D eigenvalue weighted by Crippen LogP contribution is -1.90. The van der Waals surface area contributed by atoms with Crippen LogP contribution in [0.3, 0.4) is 0 Å². The number of benzene rings is 2. The quantitative estimate of drug-likeness (QED) is 0.436. The van der Waals surface area contributed by atoms with Crippen molar-refractivity contribution in [3.63, 3.8) is 0 Å². The monoisotopic (exact) mass is 380 g/mol. The molecule has 0 atom stereocenters. The summed E-state index contributed by atoms with van der Waals surface area (Å²) in [7, 11) is 0. The van der Waals surface area contributed by atoms with Crippen molar-refractivity contribution in [1.82, 2.24) is 0 Å². The van der Waals surface area contributed by atoms with Gasteiger partial charge in [0, 0.05) is 0 Å². The van der Waals surface area contributed by atoms with Crippen molar-refractivity contribution >= 4 is 22.6 Å². The molecule has 0 fully saturated rings. The van der Waals surface area contributed by atoms with E-state index in [1.807, 2.05) is 12.1 Å². The van der Waals surface area contributed by atoms with E-state index < -0.39 is 0 Å². The molecule has 0 bridgehead atoms. The van der Waals surface area contributed by atoms with E-state index >= 15 is 0 Å². The van der Waals surface area contributed by atoms with Gasteiger partial charge < -0.3 is 4.74 Å². The zero-order chi connectivity index (χ0) is 14.2. The molecule has 0 aliphatic heterocycles. The van der Waals surface area contributed by atoms with Gasteiger partial charge in [-0.1, -0.05) is 60.2 Å². The average molecular weight is 380 g/mol. The zero-order valence-corrected chi connectivity index (χ0v) is 14.1. The first kappa shape index (κ1) is 15.4. The van der Waals surface area contributed by atoms with E-state index in [4.69, 9.17) is 4.74 Å². The summed E-state index contributed by atoms with van der Waals surface area (Å²) in [5.41, 5.74) is 2.69. The Balaban J connectivity index is 2.07.